The van der Waals surface area contributed by atoms with E-state index in [1.54, 1.807) is 0 Å². The number of hydrogen-bond donors (Lipinski definition) is 2. The predicted molar refractivity (Wildman–Crippen MR) is 121 cm³/mol. The summed E-state index contributed by atoms with van der Waals surface area (Å²) in [5.41, 5.74) is 1.28. The van der Waals surface area contributed by atoms with Gasteiger partial charge in [0.25, 0.3) is 5.91 Å². The summed E-state index contributed by atoms with van der Waals surface area (Å²) in [5, 5.41) is 5.84. The fraction of sp³-hybridized carbons (Fsp3) is 0.360. The van der Waals surface area contributed by atoms with Crippen molar-refractivity contribution in [3.05, 3.63) is 71.6 Å². The molecule has 6 nitrogen and oxygen atoms in total. The van der Waals surface area contributed by atoms with Crippen LogP contribution in [0.1, 0.15) is 35.2 Å². The molecule has 0 unspecified atom stereocenters. The Balaban J connectivity index is 1.52. The first-order valence-electron chi connectivity index (χ1n) is 11.0. The Bertz CT molecular complexity index is 980. The van der Waals surface area contributed by atoms with Crippen molar-refractivity contribution in [2.75, 3.05) is 26.2 Å². The number of nitrogens with zero attached hydrogens (tertiary/aromatic N) is 1. The molecule has 2 bridgehead atoms. The fourth-order valence-electron chi connectivity index (χ4n) is 4.37. The van der Waals surface area contributed by atoms with Crippen LogP contribution in [0.2, 0.25) is 0 Å². The Labute approximate surface area is 187 Å². The van der Waals surface area contributed by atoms with E-state index in [0.29, 0.717) is 31.8 Å². The van der Waals surface area contributed by atoms with E-state index in [0.717, 1.165) is 18.4 Å². The quantitative estimate of drug-likeness (QED) is 0.775. The number of halogens is 1. The summed E-state index contributed by atoms with van der Waals surface area (Å²) in [4.78, 5) is 27.6. The van der Waals surface area contributed by atoms with E-state index in [2.05, 4.69) is 27.7 Å². The minimum absolute atomic E-state index is 0.0169. The number of carbonyl (C=O) groups excluding carboxylic acids is 2. The van der Waals surface area contributed by atoms with Crippen molar-refractivity contribution in [3.8, 4) is 5.75 Å². The molecule has 2 amide bonds. The number of amides is 2. The minimum Gasteiger partial charge on any atom is -0.491 e. The van der Waals surface area contributed by atoms with Gasteiger partial charge in [-0.2, -0.15) is 0 Å². The van der Waals surface area contributed by atoms with Gasteiger partial charge < -0.3 is 15.4 Å². The molecule has 1 fully saturated rings. The lowest BCUT2D eigenvalue weighted by molar-refractivity contribution is -0.122. The van der Waals surface area contributed by atoms with E-state index in [4.69, 9.17) is 4.74 Å². The second-order valence-electron chi connectivity index (χ2n) is 8.15. The van der Waals surface area contributed by atoms with Crippen LogP contribution < -0.4 is 15.4 Å². The highest BCUT2D eigenvalue weighted by molar-refractivity contribution is 5.97. The molecule has 2 atom stereocenters. The van der Waals surface area contributed by atoms with Gasteiger partial charge >= 0.3 is 0 Å². The lowest BCUT2D eigenvalue weighted by Gasteiger charge is -2.29. The van der Waals surface area contributed by atoms with Gasteiger partial charge in [0.2, 0.25) is 5.91 Å². The van der Waals surface area contributed by atoms with Crippen LogP contribution in [-0.2, 0) is 4.79 Å². The molecule has 4 rings (SSSR count). The summed E-state index contributed by atoms with van der Waals surface area (Å²) in [6.45, 7) is 1.63. The first-order chi connectivity index (χ1) is 15.6. The van der Waals surface area contributed by atoms with E-state index in [1.807, 2.05) is 30.3 Å². The molecule has 0 radical (unpaired) electrons. The number of fused-ring (bicyclic) bond motifs is 3. The summed E-state index contributed by atoms with van der Waals surface area (Å²) in [6.07, 6.45) is 6.34. The molecular formula is C25H28FN3O3. The van der Waals surface area contributed by atoms with Crippen molar-refractivity contribution < 1.29 is 18.7 Å². The van der Waals surface area contributed by atoms with Gasteiger partial charge in [-0.25, -0.2) is 4.39 Å². The van der Waals surface area contributed by atoms with Gasteiger partial charge in [0, 0.05) is 31.6 Å². The van der Waals surface area contributed by atoms with Crippen molar-refractivity contribution in [2.45, 2.75) is 31.3 Å². The van der Waals surface area contributed by atoms with E-state index >= 15 is 0 Å². The Kier molecular flexibility index (Phi) is 7.17. The lowest BCUT2D eigenvalue weighted by atomic mass is 10.1. The fourth-order valence-corrected chi connectivity index (χ4v) is 4.37. The Morgan fingerprint density at radius 2 is 1.88 bits per heavy atom. The molecule has 2 aromatic rings. The summed E-state index contributed by atoms with van der Waals surface area (Å²) in [7, 11) is 0. The van der Waals surface area contributed by atoms with Crippen LogP contribution in [0.4, 0.5) is 4.39 Å². The number of rotatable bonds is 3. The molecule has 2 N–H and O–H groups in total. The average molecular weight is 438 g/mol. The van der Waals surface area contributed by atoms with Crippen molar-refractivity contribution in [1.82, 2.24) is 15.5 Å². The molecule has 32 heavy (non-hydrogen) atoms. The monoisotopic (exact) mass is 437 g/mol. The minimum atomic E-state index is -0.495. The van der Waals surface area contributed by atoms with Gasteiger partial charge in [-0.05, 0) is 36.6 Å². The molecule has 0 aromatic heterocycles. The molecule has 0 saturated carbocycles. The molecule has 0 aliphatic carbocycles. The van der Waals surface area contributed by atoms with E-state index in [9.17, 15) is 14.0 Å². The molecule has 168 valence electrons. The number of ether oxygens (including phenoxy) is 1. The van der Waals surface area contributed by atoms with Gasteiger partial charge in [-0.1, -0.05) is 42.5 Å². The third-order valence-corrected chi connectivity index (χ3v) is 5.98. The summed E-state index contributed by atoms with van der Waals surface area (Å²) < 4.78 is 19.4. The maximum Gasteiger partial charge on any atom is 0.255 e. The van der Waals surface area contributed by atoms with Crippen LogP contribution in [0.15, 0.2) is 54.6 Å². The van der Waals surface area contributed by atoms with Crippen molar-refractivity contribution >= 4 is 17.9 Å². The molecule has 2 aliphatic heterocycles. The number of benzene rings is 2. The normalized spacial score (nSPS) is 22.5. The highest BCUT2D eigenvalue weighted by Crippen LogP contribution is 2.27. The van der Waals surface area contributed by atoms with Crippen molar-refractivity contribution in [1.29, 1.82) is 0 Å². The number of hydrogen-bond acceptors (Lipinski definition) is 4. The maximum atomic E-state index is 13.8. The zero-order valence-electron chi connectivity index (χ0n) is 17.9. The smallest absolute Gasteiger partial charge is 0.255 e. The van der Waals surface area contributed by atoms with E-state index in [-0.39, 0.29) is 36.1 Å². The van der Waals surface area contributed by atoms with Gasteiger partial charge in [0.15, 0.2) is 0 Å². The van der Waals surface area contributed by atoms with Crippen LogP contribution in [-0.4, -0.2) is 55.0 Å². The van der Waals surface area contributed by atoms with Crippen LogP contribution in [0.25, 0.3) is 6.08 Å². The zero-order chi connectivity index (χ0) is 22.3. The highest BCUT2D eigenvalue weighted by Gasteiger charge is 2.34. The van der Waals surface area contributed by atoms with Crippen molar-refractivity contribution in [3.63, 3.8) is 0 Å². The van der Waals surface area contributed by atoms with E-state index < -0.39 is 5.82 Å². The van der Waals surface area contributed by atoms with Gasteiger partial charge in [-0.15, -0.1) is 0 Å². The standard InChI is InChI=1S/C25H28FN3O3/c26-19-8-11-23-22(15-19)25(31)28-17-21-10-9-20(16-24(30)27-12-14-32-23)29(21)13-4-7-18-5-2-1-3-6-18/h1-8,11,15,20-21H,9-10,12-14,16-17H2,(H,27,30)(H,28,31)/b7-4+/t20-,21+/m0/s1. The highest BCUT2D eigenvalue weighted by atomic mass is 19.1. The van der Waals surface area contributed by atoms with Gasteiger partial charge in [0.05, 0.1) is 12.1 Å². The Morgan fingerprint density at radius 3 is 2.72 bits per heavy atom. The number of carbonyl (C=O) groups is 2. The molecule has 2 heterocycles. The first kappa shape index (κ1) is 22.0. The first-order valence-corrected chi connectivity index (χ1v) is 11.0. The summed E-state index contributed by atoms with van der Waals surface area (Å²) in [6, 6.07) is 14.2. The van der Waals surface area contributed by atoms with Crippen molar-refractivity contribution in [2.24, 2.45) is 0 Å². The second-order valence-corrected chi connectivity index (χ2v) is 8.15. The molecule has 0 spiro atoms. The number of nitrogens with one attached hydrogen (secondary N) is 2. The summed E-state index contributed by atoms with van der Waals surface area (Å²) in [5.74, 6) is -0.562. The molecule has 1 saturated heterocycles. The van der Waals surface area contributed by atoms with Crippen LogP contribution in [0.3, 0.4) is 0 Å². The predicted octanol–water partition coefficient (Wildman–Crippen LogP) is 3.00. The largest absolute Gasteiger partial charge is 0.491 e. The summed E-state index contributed by atoms with van der Waals surface area (Å²) >= 11 is 0. The Hall–Kier alpha value is -3.19. The molecular weight excluding hydrogens is 409 g/mol. The lowest BCUT2D eigenvalue weighted by Crippen LogP contribution is -2.45. The van der Waals surface area contributed by atoms with Crippen LogP contribution in [0, 0.1) is 5.82 Å². The van der Waals surface area contributed by atoms with Crippen LogP contribution in [0.5, 0.6) is 5.75 Å². The second kappa shape index (κ2) is 10.4. The maximum absolute atomic E-state index is 13.8. The molecule has 2 aromatic carbocycles. The van der Waals surface area contributed by atoms with Crippen LogP contribution >= 0.6 is 0 Å². The average Bonchev–Trinajstić information content (AvgIpc) is 3.17. The SMILES string of the molecule is O=C1C[C@@H]2CC[C@H](CNC(=O)c3cc(F)ccc3OCCN1)N2C/C=C/c1ccccc1. The molecule has 7 heteroatoms. The van der Waals surface area contributed by atoms with Gasteiger partial charge in [-0.3, -0.25) is 14.5 Å². The van der Waals surface area contributed by atoms with Gasteiger partial charge in [0.1, 0.15) is 18.2 Å². The third-order valence-electron chi connectivity index (χ3n) is 5.98. The zero-order valence-corrected chi connectivity index (χ0v) is 17.9. The van der Waals surface area contributed by atoms with E-state index in [1.165, 1.54) is 18.2 Å². The topological polar surface area (TPSA) is 70.7 Å². The third kappa shape index (κ3) is 5.53. The molecule has 2 aliphatic rings. The Morgan fingerprint density at radius 1 is 1.06 bits per heavy atom.